The summed E-state index contributed by atoms with van der Waals surface area (Å²) in [4.78, 5) is 46.5. The van der Waals surface area contributed by atoms with Crippen LogP contribution in [0.5, 0.6) is 0 Å². The minimum absolute atomic E-state index is 0.0213. The Balaban J connectivity index is 1.75. The number of nitrogens with zero attached hydrogens (tertiary/aromatic N) is 2. The van der Waals surface area contributed by atoms with E-state index in [0.717, 1.165) is 29.7 Å². The van der Waals surface area contributed by atoms with E-state index in [1.807, 2.05) is 0 Å². The van der Waals surface area contributed by atoms with Crippen molar-refractivity contribution in [2.45, 2.75) is 53.1 Å². The largest absolute Gasteiger partial charge is 0.462 e. The van der Waals surface area contributed by atoms with Gasteiger partial charge in [-0.25, -0.2) is 14.6 Å². The van der Waals surface area contributed by atoms with Crippen LogP contribution in [0.4, 0.5) is 5.00 Å². The van der Waals surface area contributed by atoms with Crippen molar-refractivity contribution in [3.8, 4) is 0 Å². The van der Waals surface area contributed by atoms with Crippen molar-refractivity contribution in [1.29, 1.82) is 0 Å². The first kappa shape index (κ1) is 21.9. The van der Waals surface area contributed by atoms with Gasteiger partial charge in [0.15, 0.2) is 11.8 Å². The lowest BCUT2D eigenvalue weighted by Crippen LogP contribution is -2.30. The molecule has 8 nitrogen and oxygen atoms in total. The maximum atomic E-state index is 12.7. The lowest BCUT2D eigenvalue weighted by molar-refractivity contribution is -0.123. The first-order chi connectivity index (χ1) is 14.3. The number of hydrogen-bond donors (Lipinski definition) is 1. The van der Waals surface area contributed by atoms with Crippen LogP contribution in [0.15, 0.2) is 12.4 Å². The average Bonchev–Trinajstić information content (AvgIpc) is 3.05. The van der Waals surface area contributed by atoms with Gasteiger partial charge in [-0.15, -0.1) is 11.3 Å². The van der Waals surface area contributed by atoms with Crippen molar-refractivity contribution in [2.24, 2.45) is 5.92 Å². The molecule has 0 fully saturated rings. The summed E-state index contributed by atoms with van der Waals surface area (Å²) in [6.45, 7) is 7.38. The standard InChI is InChI=1S/C21H25N3O5S/c1-5-28-21(27)17-14-7-6-11(2)8-16(14)30-19(17)24-18(25)13(4)29-20(26)15-10-22-12(3)9-23-15/h9-11,13H,5-8H2,1-4H3,(H,24,25)/t11-,13-/m0/s1. The van der Waals surface area contributed by atoms with Crippen molar-refractivity contribution in [3.05, 3.63) is 39.8 Å². The Labute approximate surface area is 179 Å². The fourth-order valence-corrected chi connectivity index (χ4v) is 4.65. The van der Waals surface area contributed by atoms with Gasteiger partial charge >= 0.3 is 11.9 Å². The Kier molecular flexibility index (Phi) is 6.81. The second-order valence-corrected chi connectivity index (χ2v) is 8.46. The molecule has 30 heavy (non-hydrogen) atoms. The van der Waals surface area contributed by atoms with Gasteiger partial charge in [-0.05, 0) is 51.5 Å². The van der Waals surface area contributed by atoms with Crippen molar-refractivity contribution in [2.75, 3.05) is 11.9 Å². The summed E-state index contributed by atoms with van der Waals surface area (Å²) in [6, 6.07) is 0. The molecule has 0 spiro atoms. The molecule has 3 rings (SSSR count). The second-order valence-electron chi connectivity index (χ2n) is 7.36. The van der Waals surface area contributed by atoms with E-state index >= 15 is 0 Å². The van der Waals surface area contributed by atoms with Gasteiger partial charge in [-0.2, -0.15) is 0 Å². The predicted molar refractivity (Wildman–Crippen MR) is 112 cm³/mol. The molecular formula is C21H25N3O5S. The minimum atomic E-state index is -1.08. The number of aryl methyl sites for hydroxylation is 1. The van der Waals surface area contributed by atoms with Crippen molar-refractivity contribution in [1.82, 2.24) is 9.97 Å². The SMILES string of the molecule is CCOC(=O)c1c(NC(=O)[C@H](C)OC(=O)c2cnc(C)cn2)sc2c1CC[C@H](C)C2. The molecule has 0 radical (unpaired) electrons. The highest BCUT2D eigenvalue weighted by atomic mass is 32.1. The molecule has 0 saturated heterocycles. The number of carbonyl (C=O) groups is 3. The maximum absolute atomic E-state index is 12.7. The Bertz CT molecular complexity index is 954. The molecule has 2 atom stereocenters. The zero-order valence-corrected chi connectivity index (χ0v) is 18.3. The van der Waals surface area contributed by atoms with Crippen molar-refractivity contribution < 1.29 is 23.9 Å². The number of nitrogens with one attached hydrogen (secondary N) is 1. The van der Waals surface area contributed by atoms with Crippen LogP contribution in [-0.2, 0) is 27.1 Å². The molecule has 160 valence electrons. The second kappa shape index (κ2) is 9.34. The summed E-state index contributed by atoms with van der Waals surface area (Å²) < 4.78 is 10.4. The van der Waals surface area contributed by atoms with E-state index in [1.165, 1.54) is 30.7 Å². The first-order valence-electron chi connectivity index (χ1n) is 9.92. The third-order valence-corrected chi connectivity index (χ3v) is 6.04. The zero-order chi connectivity index (χ0) is 21.8. The number of amides is 1. The van der Waals surface area contributed by atoms with Crippen molar-refractivity contribution in [3.63, 3.8) is 0 Å². The Morgan fingerprint density at radius 1 is 1.27 bits per heavy atom. The van der Waals surface area contributed by atoms with Gasteiger partial charge in [0, 0.05) is 11.1 Å². The lowest BCUT2D eigenvalue weighted by Gasteiger charge is -2.18. The fourth-order valence-electron chi connectivity index (χ4n) is 3.24. The van der Waals surface area contributed by atoms with E-state index in [-0.39, 0.29) is 12.3 Å². The number of hydrogen-bond acceptors (Lipinski definition) is 8. The molecule has 1 N–H and O–H groups in total. The summed E-state index contributed by atoms with van der Waals surface area (Å²) in [6.07, 6.45) is 4.29. The van der Waals surface area contributed by atoms with Crippen LogP contribution in [0.3, 0.4) is 0 Å². The zero-order valence-electron chi connectivity index (χ0n) is 17.5. The van der Waals surface area contributed by atoms with Gasteiger partial charge in [-0.1, -0.05) is 6.92 Å². The van der Waals surface area contributed by atoms with E-state index < -0.39 is 23.9 Å². The monoisotopic (exact) mass is 431 g/mol. The Morgan fingerprint density at radius 3 is 2.70 bits per heavy atom. The van der Waals surface area contributed by atoms with E-state index in [1.54, 1.807) is 13.8 Å². The molecule has 0 aromatic carbocycles. The molecule has 2 aromatic rings. The third kappa shape index (κ3) is 4.84. The quantitative estimate of drug-likeness (QED) is 0.699. The van der Waals surface area contributed by atoms with Crippen molar-refractivity contribution >= 4 is 34.2 Å². The first-order valence-corrected chi connectivity index (χ1v) is 10.7. The molecular weight excluding hydrogens is 406 g/mol. The molecule has 0 unspecified atom stereocenters. The van der Waals surface area contributed by atoms with E-state index in [0.29, 0.717) is 22.2 Å². The smallest absolute Gasteiger partial charge is 0.359 e. The molecule has 0 bridgehead atoms. The molecule has 1 amide bonds. The number of fused-ring (bicyclic) bond motifs is 1. The topological polar surface area (TPSA) is 107 Å². The van der Waals surface area contributed by atoms with E-state index in [9.17, 15) is 14.4 Å². The van der Waals surface area contributed by atoms with Gasteiger partial charge in [-0.3, -0.25) is 9.78 Å². The molecule has 1 aliphatic carbocycles. The summed E-state index contributed by atoms with van der Waals surface area (Å²) in [7, 11) is 0. The van der Waals surface area contributed by atoms with E-state index in [4.69, 9.17) is 9.47 Å². The molecule has 0 saturated carbocycles. The van der Waals surface area contributed by atoms with Crippen LogP contribution >= 0.6 is 11.3 Å². The van der Waals surface area contributed by atoms with Crippen LogP contribution in [0, 0.1) is 12.8 Å². The average molecular weight is 432 g/mol. The van der Waals surface area contributed by atoms with Crippen LogP contribution in [0.1, 0.15) is 64.2 Å². The van der Waals surface area contributed by atoms with Crippen LogP contribution in [0.2, 0.25) is 0 Å². The normalized spacial score (nSPS) is 16.3. The number of esters is 2. The van der Waals surface area contributed by atoms with Crippen LogP contribution in [-0.4, -0.2) is 40.5 Å². The Hall–Kier alpha value is -2.81. The molecule has 0 aliphatic heterocycles. The number of aromatic nitrogens is 2. The van der Waals surface area contributed by atoms with Gasteiger partial charge in [0.05, 0.1) is 24.1 Å². The van der Waals surface area contributed by atoms with Gasteiger partial charge in [0.25, 0.3) is 5.91 Å². The van der Waals surface area contributed by atoms with Gasteiger partial charge in [0.1, 0.15) is 5.00 Å². The predicted octanol–water partition coefficient (Wildman–Crippen LogP) is 3.33. The highest BCUT2D eigenvalue weighted by molar-refractivity contribution is 7.17. The summed E-state index contributed by atoms with van der Waals surface area (Å²) in [5, 5.41) is 3.19. The maximum Gasteiger partial charge on any atom is 0.359 e. The lowest BCUT2D eigenvalue weighted by atomic mass is 9.88. The molecule has 2 aromatic heterocycles. The molecule has 1 aliphatic rings. The summed E-state index contributed by atoms with van der Waals surface area (Å²) in [5.41, 5.74) is 2.05. The minimum Gasteiger partial charge on any atom is -0.462 e. The highest BCUT2D eigenvalue weighted by Gasteiger charge is 2.30. The number of anilines is 1. The van der Waals surface area contributed by atoms with Crippen LogP contribution in [0.25, 0.3) is 0 Å². The highest BCUT2D eigenvalue weighted by Crippen LogP contribution is 2.40. The molecule has 2 heterocycles. The number of rotatable bonds is 6. The van der Waals surface area contributed by atoms with Gasteiger partial charge < -0.3 is 14.8 Å². The van der Waals surface area contributed by atoms with Gasteiger partial charge in [0.2, 0.25) is 0 Å². The van der Waals surface area contributed by atoms with Crippen LogP contribution < -0.4 is 5.32 Å². The summed E-state index contributed by atoms with van der Waals surface area (Å²) >= 11 is 1.39. The Morgan fingerprint density at radius 2 is 2.03 bits per heavy atom. The number of thiophene rings is 1. The summed E-state index contributed by atoms with van der Waals surface area (Å²) in [5.74, 6) is -1.19. The number of ether oxygens (including phenoxy) is 2. The third-order valence-electron chi connectivity index (χ3n) is 4.87. The molecule has 9 heteroatoms. The van der Waals surface area contributed by atoms with E-state index in [2.05, 4.69) is 22.2 Å². The fraction of sp³-hybridized carbons (Fsp3) is 0.476. The number of carbonyl (C=O) groups excluding carboxylic acids is 3.